The van der Waals surface area contributed by atoms with Gasteiger partial charge in [-0.1, -0.05) is 29.8 Å². The molecule has 0 radical (unpaired) electrons. The molecule has 156 valence electrons. The van der Waals surface area contributed by atoms with Gasteiger partial charge in [0.15, 0.2) is 11.9 Å². The van der Waals surface area contributed by atoms with Gasteiger partial charge in [0.2, 0.25) is 0 Å². The third-order valence-electron chi connectivity index (χ3n) is 5.08. The Morgan fingerprint density at radius 1 is 1.24 bits per heavy atom. The highest BCUT2D eigenvalue weighted by Gasteiger charge is 2.57. The molecular formula is C18H19ClFN3O4S2. The first kappa shape index (κ1) is 20.5. The van der Waals surface area contributed by atoms with Gasteiger partial charge >= 0.3 is 6.03 Å². The third-order valence-corrected chi connectivity index (χ3v) is 8.71. The lowest BCUT2D eigenvalue weighted by Crippen LogP contribution is -2.63. The van der Waals surface area contributed by atoms with Crippen molar-refractivity contribution in [1.29, 1.82) is 0 Å². The number of hydrogen-bond donors (Lipinski definition) is 1. The zero-order valence-electron chi connectivity index (χ0n) is 15.3. The van der Waals surface area contributed by atoms with Crippen molar-refractivity contribution in [2.75, 3.05) is 31.6 Å². The quantitative estimate of drug-likeness (QED) is 0.763. The van der Waals surface area contributed by atoms with Crippen LogP contribution in [0.2, 0.25) is 4.34 Å². The Morgan fingerprint density at radius 2 is 2.00 bits per heavy atom. The first-order chi connectivity index (χ1) is 13.8. The van der Waals surface area contributed by atoms with Crippen molar-refractivity contribution >= 4 is 44.7 Å². The van der Waals surface area contributed by atoms with Gasteiger partial charge in [0.25, 0.3) is 10.0 Å². The highest BCUT2D eigenvalue weighted by Crippen LogP contribution is 2.41. The van der Waals surface area contributed by atoms with Crippen molar-refractivity contribution in [2.24, 2.45) is 0 Å². The molecule has 7 nitrogen and oxygen atoms in total. The molecule has 4 rings (SSSR count). The van der Waals surface area contributed by atoms with Crippen LogP contribution in [0.25, 0.3) is 0 Å². The molecule has 1 N–H and O–H groups in total. The highest BCUT2D eigenvalue weighted by atomic mass is 35.5. The number of rotatable bonds is 3. The number of likely N-dealkylation sites (tertiary alicyclic amines) is 1. The van der Waals surface area contributed by atoms with Crippen molar-refractivity contribution < 1.29 is 22.3 Å². The second kappa shape index (κ2) is 7.84. The molecule has 2 unspecified atom stereocenters. The van der Waals surface area contributed by atoms with E-state index in [0.717, 1.165) is 15.6 Å². The molecule has 29 heavy (non-hydrogen) atoms. The SMILES string of the molecule is O=C(Nc1ccccc1)N1CCC2(OCCN2S(=O)(=O)c2ccc(Cl)s2)C(F)C1. The number of carbonyl (C=O) groups excluding carboxylic acids is 1. The van der Waals surface area contributed by atoms with E-state index in [-0.39, 0.29) is 36.9 Å². The number of piperidine rings is 1. The smallest absolute Gasteiger partial charge is 0.321 e. The van der Waals surface area contributed by atoms with Crippen molar-refractivity contribution in [3.8, 4) is 0 Å². The number of para-hydroxylation sites is 1. The number of amides is 2. The molecule has 2 fully saturated rings. The average Bonchev–Trinajstić information content (AvgIpc) is 3.33. The van der Waals surface area contributed by atoms with E-state index >= 15 is 4.39 Å². The molecule has 1 spiro atoms. The minimum absolute atomic E-state index is 0.0364. The number of benzene rings is 1. The molecule has 11 heteroatoms. The Kier molecular flexibility index (Phi) is 5.56. The van der Waals surface area contributed by atoms with Crippen molar-refractivity contribution in [3.05, 3.63) is 46.8 Å². The van der Waals surface area contributed by atoms with Gasteiger partial charge in [-0.05, 0) is 24.3 Å². The molecule has 0 saturated carbocycles. The molecule has 2 atom stereocenters. The molecule has 1 aromatic carbocycles. The van der Waals surface area contributed by atoms with E-state index in [1.54, 1.807) is 24.3 Å². The molecule has 3 heterocycles. The number of urea groups is 1. The molecule has 2 aliphatic heterocycles. The van der Waals surface area contributed by atoms with Gasteiger partial charge in [0, 0.05) is 25.2 Å². The predicted molar refractivity (Wildman–Crippen MR) is 108 cm³/mol. The zero-order chi connectivity index (χ0) is 20.6. The number of ether oxygens (including phenoxy) is 1. The first-order valence-corrected chi connectivity index (χ1v) is 11.6. The van der Waals surface area contributed by atoms with Gasteiger partial charge in [-0.15, -0.1) is 11.3 Å². The summed E-state index contributed by atoms with van der Waals surface area (Å²) in [5, 5.41) is 2.72. The van der Waals surface area contributed by atoms with E-state index in [1.807, 2.05) is 6.07 Å². The summed E-state index contributed by atoms with van der Waals surface area (Å²) >= 11 is 6.80. The first-order valence-electron chi connectivity index (χ1n) is 9.00. The van der Waals surface area contributed by atoms with Crippen LogP contribution in [0.1, 0.15) is 6.42 Å². The standard InChI is InChI=1S/C18H19ClFN3O4S2/c19-15-6-7-16(28-15)29(25,26)23-10-11-27-18(23)8-9-22(12-14(18)20)17(24)21-13-4-2-1-3-5-13/h1-7,14H,8-12H2,(H,21,24). The van der Waals surface area contributed by atoms with Crippen LogP contribution in [0, 0.1) is 0 Å². The average molecular weight is 460 g/mol. The maximum absolute atomic E-state index is 15.3. The second-order valence-electron chi connectivity index (χ2n) is 6.79. The second-order valence-corrected chi connectivity index (χ2v) is 10.6. The Balaban J connectivity index is 1.51. The van der Waals surface area contributed by atoms with Gasteiger partial charge in [0.1, 0.15) is 4.21 Å². The fourth-order valence-corrected chi connectivity index (χ4v) is 6.98. The topological polar surface area (TPSA) is 79.0 Å². The lowest BCUT2D eigenvalue weighted by Gasteiger charge is -2.44. The molecule has 0 bridgehead atoms. The Morgan fingerprint density at radius 3 is 2.66 bits per heavy atom. The molecular weight excluding hydrogens is 441 g/mol. The Bertz CT molecular complexity index is 1000. The van der Waals surface area contributed by atoms with Crippen LogP contribution < -0.4 is 5.32 Å². The van der Waals surface area contributed by atoms with Crippen LogP contribution in [-0.4, -0.2) is 61.8 Å². The minimum Gasteiger partial charge on any atom is -0.355 e. The Labute approximate surface area is 177 Å². The molecule has 2 saturated heterocycles. The van der Waals surface area contributed by atoms with Crippen LogP contribution >= 0.6 is 22.9 Å². The summed E-state index contributed by atoms with van der Waals surface area (Å²) in [5.41, 5.74) is -1.01. The third kappa shape index (κ3) is 3.75. The van der Waals surface area contributed by atoms with Crippen LogP contribution in [0.15, 0.2) is 46.7 Å². The van der Waals surface area contributed by atoms with Crippen molar-refractivity contribution in [1.82, 2.24) is 9.21 Å². The number of halogens is 2. The summed E-state index contributed by atoms with van der Waals surface area (Å²) in [6, 6.07) is 11.3. The summed E-state index contributed by atoms with van der Waals surface area (Å²) in [6.07, 6.45) is -1.65. The summed E-state index contributed by atoms with van der Waals surface area (Å²) in [4.78, 5) is 13.8. The van der Waals surface area contributed by atoms with E-state index in [9.17, 15) is 13.2 Å². The maximum atomic E-state index is 15.3. The number of carbonyl (C=O) groups is 1. The zero-order valence-corrected chi connectivity index (χ0v) is 17.6. The number of alkyl halides is 1. The lowest BCUT2D eigenvalue weighted by molar-refractivity contribution is -0.134. The van der Waals surface area contributed by atoms with Gasteiger partial charge < -0.3 is 15.0 Å². The largest absolute Gasteiger partial charge is 0.355 e. The summed E-state index contributed by atoms with van der Waals surface area (Å²) in [5.74, 6) is 0. The van der Waals surface area contributed by atoms with Crippen molar-refractivity contribution in [3.63, 3.8) is 0 Å². The number of sulfonamides is 1. The minimum atomic E-state index is -3.96. The van der Waals surface area contributed by atoms with Crippen LogP contribution in [0.3, 0.4) is 0 Å². The van der Waals surface area contributed by atoms with Crippen LogP contribution in [0.5, 0.6) is 0 Å². The van der Waals surface area contributed by atoms with Gasteiger partial charge in [-0.25, -0.2) is 17.6 Å². The lowest BCUT2D eigenvalue weighted by atomic mass is 9.99. The van der Waals surface area contributed by atoms with E-state index in [2.05, 4.69) is 5.32 Å². The van der Waals surface area contributed by atoms with E-state index in [1.165, 1.54) is 17.0 Å². The number of anilines is 1. The van der Waals surface area contributed by atoms with E-state index < -0.39 is 28.0 Å². The molecule has 2 aromatic rings. The van der Waals surface area contributed by atoms with Crippen LogP contribution in [-0.2, 0) is 14.8 Å². The number of thiophene rings is 1. The number of hydrogen-bond acceptors (Lipinski definition) is 5. The molecule has 1 aromatic heterocycles. The van der Waals surface area contributed by atoms with Gasteiger partial charge in [-0.3, -0.25) is 0 Å². The molecule has 2 aliphatic rings. The molecule has 0 aliphatic carbocycles. The van der Waals surface area contributed by atoms with Crippen molar-refractivity contribution in [2.45, 2.75) is 22.5 Å². The number of nitrogens with one attached hydrogen (secondary N) is 1. The Hall–Kier alpha value is -1.72. The number of nitrogens with zero attached hydrogens (tertiary/aromatic N) is 2. The summed E-state index contributed by atoms with van der Waals surface area (Å²) in [6.45, 7) is 0.0373. The fraction of sp³-hybridized carbons (Fsp3) is 0.389. The van der Waals surface area contributed by atoms with E-state index in [4.69, 9.17) is 16.3 Å². The van der Waals surface area contributed by atoms with Gasteiger partial charge in [0.05, 0.1) is 17.5 Å². The predicted octanol–water partition coefficient (Wildman–Crippen LogP) is 3.39. The van der Waals surface area contributed by atoms with Gasteiger partial charge in [-0.2, -0.15) is 4.31 Å². The normalized spacial score (nSPS) is 25.4. The van der Waals surface area contributed by atoms with Crippen LogP contribution in [0.4, 0.5) is 14.9 Å². The monoisotopic (exact) mass is 459 g/mol. The molecule has 2 amide bonds. The fourth-order valence-electron chi connectivity index (χ4n) is 3.67. The highest BCUT2D eigenvalue weighted by molar-refractivity contribution is 7.91. The maximum Gasteiger partial charge on any atom is 0.321 e. The summed E-state index contributed by atoms with van der Waals surface area (Å²) < 4.78 is 48.6. The summed E-state index contributed by atoms with van der Waals surface area (Å²) in [7, 11) is -3.96. The van der Waals surface area contributed by atoms with E-state index in [0.29, 0.717) is 10.0 Å².